The van der Waals surface area contributed by atoms with Crippen molar-refractivity contribution in [3.8, 4) is 5.75 Å². The van der Waals surface area contributed by atoms with E-state index in [9.17, 15) is 0 Å². The third-order valence-electron chi connectivity index (χ3n) is 3.24. The second kappa shape index (κ2) is 7.05. The van der Waals surface area contributed by atoms with Gasteiger partial charge in [0.2, 0.25) is 0 Å². The standard InChI is InChI=1S/C15H22N4O/c1-12-5-4-6-15(9-12)20-8-7-13(16-2)10-14-11-19(3)18-17-14/h4-6,9,11,13,16H,7-8,10H2,1-3H3. The molecule has 1 aromatic heterocycles. The lowest BCUT2D eigenvalue weighted by Crippen LogP contribution is -2.29. The molecule has 5 heteroatoms. The van der Waals surface area contributed by atoms with Crippen molar-refractivity contribution >= 4 is 0 Å². The Morgan fingerprint density at radius 3 is 2.90 bits per heavy atom. The van der Waals surface area contributed by atoms with Crippen molar-refractivity contribution in [1.29, 1.82) is 0 Å². The van der Waals surface area contributed by atoms with Crippen molar-refractivity contribution in [2.24, 2.45) is 7.05 Å². The first-order valence-corrected chi connectivity index (χ1v) is 6.89. The highest BCUT2D eigenvalue weighted by Crippen LogP contribution is 2.13. The lowest BCUT2D eigenvalue weighted by atomic mass is 10.1. The van der Waals surface area contributed by atoms with Gasteiger partial charge < -0.3 is 10.1 Å². The minimum Gasteiger partial charge on any atom is -0.494 e. The Hall–Kier alpha value is -1.88. The van der Waals surface area contributed by atoms with Crippen LogP contribution in [0, 0.1) is 6.92 Å². The fourth-order valence-corrected chi connectivity index (χ4v) is 2.11. The molecule has 0 aliphatic heterocycles. The molecule has 0 saturated carbocycles. The average molecular weight is 274 g/mol. The van der Waals surface area contributed by atoms with Gasteiger partial charge in [0.05, 0.1) is 12.3 Å². The summed E-state index contributed by atoms with van der Waals surface area (Å²) in [7, 11) is 3.85. The smallest absolute Gasteiger partial charge is 0.119 e. The molecule has 0 amide bonds. The van der Waals surface area contributed by atoms with Crippen LogP contribution in [0.15, 0.2) is 30.5 Å². The van der Waals surface area contributed by atoms with E-state index < -0.39 is 0 Å². The number of ether oxygens (including phenoxy) is 1. The van der Waals surface area contributed by atoms with E-state index in [1.807, 2.05) is 32.4 Å². The second-order valence-electron chi connectivity index (χ2n) is 5.03. The van der Waals surface area contributed by atoms with Gasteiger partial charge in [-0.05, 0) is 38.1 Å². The lowest BCUT2D eigenvalue weighted by Gasteiger charge is -2.15. The first kappa shape index (κ1) is 14.5. The third kappa shape index (κ3) is 4.35. The fraction of sp³-hybridized carbons (Fsp3) is 0.467. The number of nitrogens with one attached hydrogen (secondary N) is 1. The molecule has 1 unspecified atom stereocenters. The van der Waals surface area contributed by atoms with Crippen molar-refractivity contribution in [3.05, 3.63) is 41.7 Å². The Bertz CT molecular complexity index is 538. The van der Waals surface area contributed by atoms with Gasteiger partial charge in [-0.1, -0.05) is 17.3 Å². The van der Waals surface area contributed by atoms with Gasteiger partial charge in [0, 0.05) is 25.7 Å². The summed E-state index contributed by atoms with van der Waals surface area (Å²) < 4.78 is 7.51. The van der Waals surface area contributed by atoms with Crippen LogP contribution in [0.2, 0.25) is 0 Å². The van der Waals surface area contributed by atoms with Crippen LogP contribution in [0.5, 0.6) is 5.75 Å². The van der Waals surface area contributed by atoms with E-state index in [-0.39, 0.29) is 0 Å². The van der Waals surface area contributed by atoms with Crippen LogP contribution in [0.4, 0.5) is 0 Å². The van der Waals surface area contributed by atoms with Crippen LogP contribution in [-0.4, -0.2) is 34.7 Å². The van der Waals surface area contributed by atoms with Gasteiger partial charge in [0.25, 0.3) is 0 Å². The van der Waals surface area contributed by atoms with Crippen LogP contribution >= 0.6 is 0 Å². The van der Waals surface area contributed by atoms with Gasteiger partial charge in [0.1, 0.15) is 5.75 Å². The average Bonchev–Trinajstić information content (AvgIpc) is 2.83. The minimum absolute atomic E-state index is 0.344. The Morgan fingerprint density at radius 1 is 1.40 bits per heavy atom. The zero-order valence-corrected chi connectivity index (χ0v) is 12.3. The van der Waals surface area contributed by atoms with Gasteiger partial charge >= 0.3 is 0 Å². The quantitative estimate of drug-likeness (QED) is 0.835. The molecule has 5 nitrogen and oxygen atoms in total. The molecule has 2 rings (SSSR count). The van der Waals surface area contributed by atoms with Crippen LogP contribution in [-0.2, 0) is 13.5 Å². The van der Waals surface area contributed by atoms with Crippen molar-refractivity contribution in [2.45, 2.75) is 25.8 Å². The largest absolute Gasteiger partial charge is 0.494 e. The van der Waals surface area contributed by atoms with E-state index in [4.69, 9.17) is 4.74 Å². The summed E-state index contributed by atoms with van der Waals surface area (Å²) in [6.45, 7) is 2.76. The highest BCUT2D eigenvalue weighted by Gasteiger charge is 2.10. The van der Waals surface area contributed by atoms with Gasteiger partial charge in [-0.15, -0.1) is 5.10 Å². The zero-order valence-electron chi connectivity index (χ0n) is 12.3. The zero-order chi connectivity index (χ0) is 14.4. The summed E-state index contributed by atoms with van der Waals surface area (Å²) in [5, 5.41) is 11.4. The molecule has 0 saturated heterocycles. The summed E-state index contributed by atoms with van der Waals surface area (Å²) in [6, 6.07) is 8.47. The van der Waals surface area contributed by atoms with Crippen LogP contribution in [0.25, 0.3) is 0 Å². The molecule has 0 aliphatic carbocycles. The topological polar surface area (TPSA) is 52.0 Å². The highest BCUT2D eigenvalue weighted by atomic mass is 16.5. The molecular formula is C15H22N4O. The number of aryl methyl sites for hydroxylation is 2. The van der Waals surface area contributed by atoms with E-state index in [0.717, 1.165) is 24.3 Å². The summed E-state index contributed by atoms with van der Waals surface area (Å²) >= 11 is 0. The second-order valence-corrected chi connectivity index (χ2v) is 5.03. The Morgan fingerprint density at radius 2 is 2.25 bits per heavy atom. The van der Waals surface area contributed by atoms with Gasteiger partial charge in [0.15, 0.2) is 0 Å². The highest BCUT2D eigenvalue weighted by molar-refractivity contribution is 5.27. The first-order chi connectivity index (χ1) is 9.67. The maximum Gasteiger partial charge on any atom is 0.119 e. The Balaban J connectivity index is 1.79. The molecule has 0 radical (unpaired) electrons. The predicted octanol–water partition coefficient (Wildman–Crippen LogP) is 1.72. The minimum atomic E-state index is 0.344. The summed E-state index contributed by atoms with van der Waals surface area (Å²) in [5.41, 5.74) is 2.22. The number of benzene rings is 1. The molecular weight excluding hydrogens is 252 g/mol. The Labute approximate surface area is 120 Å². The van der Waals surface area contributed by atoms with Crippen molar-refractivity contribution in [2.75, 3.05) is 13.7 Å². The summed E-state index contributed by atoms with van der Waals surface area (Å²) in [5.74, 6) is 0.930. The maximum absolute atomic E-state index is 5.78. The number of hydrogen-bond acceptors (Lipinski definition) is 4. The number of hydrogen-bond donors (Lipinski definition) is 1. The molecule has 0 aliphatic rings. The molecule has 1 atom stereocenters. The van der Waals surface area contributed by atoms with Crippen molar-refractivity contribution in [3.63, 3.8) is 0 Å². The van der Waals surface area contributed by atoms with Crippen LogP contribution < -0.4 is 10.1 Å². The molecule has 1 aromatic carbocycles. The van der Waals surface area contributed by atoms with E-state index in [1.165, 1.54) is 5.56 Å². The van der Waals surface area contributed by atoms with Crippen molar-refractivity contribution < 1.29 is 4.74 Å². The predicted molar refractivity (Wildman–Crippen MR) is 78.8 cm³/mol. The molecule has 0 fully saturated rings. The molecule has 1 N–H and O–H groups in total. The van der Waals surface area contributed by atoms with Crippen molar-refractivity contribution in [1.82, 2.24) is 20.3 Å². The van der Waals surface area contributed by atoms with E-state index in [0.29, 0.717) is 12.6 Å². The SMILES string of the molecule is CNC(CCOc1cccc(C)c1)Cc1cn(C)nn1. The number of aromatic nitrogens is 3. The normalized spacial score (nSPS) is 12.3. The molecule has 108 valence electrons. The number of likely N-dealkylation sites (N-methyl/N-ethyl adjacent to an activating group) is 1. The molecule has 2 aromatic rings. The van der Waals surface area contributed by atoms with E-state index in [2.05, 4.69) is 34.7 Å². The first-order valence-electron chi connectivity index (χ1n) is 6.89. The van der Waals surface area contributed by atoms with Crippen LogP contribution in [0.1, 0.15) is 17.7 Å². The molecule has 0 bridgehead atoms. The van der Waals surface area contributed by atoms with Gasteiger partial charge in [-0.2, -0.15) is 0 Å². The summed E-state index contributed by atoms with van der Waals surface area (Å²) in [6.07, 6.45) is 3.74. The summed E-state index contributed by atoms with van der Waals surface area (Å²) in [4.78, 5) is 0. The monoisotopic (exact) mass is 274 g/mol. The van der Waals surface area contributed by atoms with Gasteiger partial charge in [-0.25, -0.2) is 0 Å². The van der Waals surface area contributed by atoms with E-state index in [1.54, 1.807) is 4.68 Å². The number of rotatable bonds is 7. The van der Waals surface area contributed by atoms with Crippen LogP contribution in [0.3, 0.4) is 0 Å². The third-order valence-corrected chi connectivity index (χ3v) is 3.24. The van der Waals surface area contributed by atoms with Gasteiger partial charge in [-0.3, -0.25) is 4.68 Å². The fourth-order valence-electron chi connectivity index (χ4n) is 2.11. The molecule has 1 heterocycles. The lowest BCUT2D eigenvalue weighted by molar-refractivity contribution is 0.288. The maximum atomic E-state index is 5.78. The number of nitrogens with zero attached hydrogens (tertiary/aromatic N) is 3. The molecule has 20 heavy (non-hydrogen) atoms. The van der Waals surface area contributed by atoms with E-state index >= 15 is 0 Å². The molecule has 0 spiro atoms. The Kier molecular flexibility index (Phi) is 5.12.